The van der Waals surface area contributed by atoms with Crippen LogP contribution in [0.1, 0.15) is 38.7 Å². The normalized spacial score (nSPS) is 14.7. The van der Waals surface area contributed by atoms with E-state index in [2.05, 4.69) is 48.7 Å². The number of rotatable bonds is 10. The van der Waals surface area contributed by atoms with E-state index in [-0.39, 0.29) is 30.1 Å². The average Bonchev–Trinajstić information content (AvgIpc) is 2.76. The summed E-state index contributed by atoms with van der Waals surface area (Å²) in [5.74, 6) is 1.70. The Morgan fingerprint density at radius 3 is 2.47 bits per heavy atom. The maximum Gasteiger partial charge on any atom is 0.409 e. The van der Waals surface area contributed by atoms with Crippen molar-refractivity contribution in [1.29, 1.82) is 0 Å². The van der Waals surface area contributed by atoms with Gasteiger partial charge >= 0.3 is 6.09 Å². The second-order valence-corrected chi connectivity index (χ2v) is 7.95. The van der Waals surface area contributed by atoms with Gasteiger partial charge in [0.2, 0.25) is 0 Å². The van der Waals surface area contributed by atoms with E-state index in [0.717, 1.165) is 56.2 Å². The first-order valence-electron chi connectivity index (χ1n) is 11.3. The predicted octanol–water partition coefficient (Wildman–Crippen LogP) is 3.31. The van der Waals surface area contributed by atoms with Crippen LogP contribution in [0.25, 0.3) is 0 Å². The molecule has 0 aliphatic carbocycles. The largest absolute Gasteiger partial charge is 0.494 e. The van der Waals surface area contributed by atoms with Crippen LogP contribution in [0.5, 0.6) is 5.75 Å². The molecule has 9 heteroatoms. The molecule has 32 heavy (non-hydrogen) atoms. The fourth-order valence-electron chi connectivity index (χ4n) is 3.37. The SMILES string of the molecule is CCNC(=NCc1ccc(OCCCN(C)C)cc1)NC1CCN(C(=O)OCC)CC1.I. The van der Waals surface area contributed by atoms with Crippen molar-refractivity contribution in [2.45, 2.75) is 45.7 Å². The van der Waals surface area contributed by atoms with Crippen LogP contribution < -0.4 is 15.4 Å². The average molecular weight is 562 g/mol. The molecule has 0 atom stereocenters. The van der Waals surface area contributed by atoms with Crippen molar-refractivity contribution in [3.63, 3.8) is 0 Å². The van der Waals surface area contributed by atoms with Gasteiger partial charge in [0, 0.05) is 32.2 Å². The monoisotopic (exact) mass is 561 g/mol. The number of ether oxygens (including phenoxy) is 2. The lowest BCUT2D eigenvalue weighted by molar-refractivity contribution is 0.0963. The van der Waals surface area contributed by atoms with Crippen LogP contribution in [0.2, 0.25) is 0 Å². The number of amides is 1. The first-order chi connectivity index (χ1) is 15.0. The summed E-state index contributed by atoms with van der Waals surface area (Å²) in [6, 6.07) is 8.43. The van der Waals surface area contributed by atoms with Gasteiger partial charge in [0.25, 0.3) is 0 Å². The van der Waals surface area contributed by atoms with Crippen LogP contribution in [0, 0.1) is 0 Å². The maximum atomic E-state index is 11.8. The molecule has 0 spiro atoms. The fraction of sp³-hybridized carbons (Fsp3) is 0.652. The molecule has 0 bridgehead atoms. The molecular weight excluding hydrogens is 521 g/mol. The molecule has 1 fully saturated rings. The number of guanidine groups is 1. The molecule has 1 heterocycles. The summed E-state index contributed by atoms with van der Waals surface area (Å²) in [5, 5.41) is 6.82. The quantitative estimate of drug-likeness (QED) is 0.198. The van der Waals surface area contributed by atoms with Gasteiger partial charge in [-0.25, -0.2) is 9.79 Å². The van der Waals surface area contributed by atoms with Crippen molar-refractivity contribution >= 4 is 36.0 Å². The van der Waals surface area contributed by atoms with Gasteiger partial charge in [0.1, 0.15) is 5.75 Å². The summed E-state index contributed by atoms with van der Waals surface area (Å²) < 4.78 is 10.9. The minimum atomic E-state index is -0.216. The number of carbonyl (C=O) groups is 1. The third kappa shape index (κ3) is 10.7. The summed E-state index contributed by atoms with van der Waals surface area (Å²) in [4.78, 5) is 20.5. The van der Waals surface area contributed by atoms with E-state index in [1.54, 1.807) is 4.90 Å². The first kappa shape index (κ1) is 28.3. The summed E-state index contributed by atoms with van der Waals surface area (Å²) >= 11 is 0. The highest BCUT2D eigenvalue weighted by Gasteiger charge is 2.24. The lowest BCUT2D eigenvalue weighted by Gasteiger charge is -2.32. The Balaban J connectivity index is 0.00000512. The van der Waals surface area contributed by atoms with E-state index in [4.69, 9.17) is 14.5 Å². The number of carbonyl (C=O) groups excluding carboxylic acids is 1. The number of piperidine rings is 1. The number of hydrogen-bond donors (Lipinski definition) is 2. The van der Waals surface area contributed by atoms with Crippen LogP contribution in [-0.4, -0.2) is 81.4 Å². The predicted molar refractivity (Wildman–Crippen MR) is 140 cm³/mol. The third-order valence-corrected chi connectivity index (χ3v) is 5.07. The number of halogens is 1. The fourth-order valence-corrected chi connectivity index (χ4v) is 3.37. The van der Waals surface area contributed by atoms with Crippen LogP contribution in [0.3, 0.4) is 0 Å². The van der Waals surface area contributed by atoms with Gasteiger partial charge < -0.3 is 29.9 Å². The topological polar surface area (TPSA) is 78.4 Å². The minimum Gasteiger partial charge on any atom is -0.494 e. The Morgan fingerprint density at radius 1 is 1.19 bits per heavy atom. The standard InChI is InChI=1S/C23H39N5O3.HI/c1-5-24-22(26-20-12-15-28(16-13-20)23(29)30-6-2)25-18-19-8-10-21(11-9-19)31-17-7-14-27(3)4;/h8-11,20H,5-7,12-18H2,1-4H3,(H2,24,25,26);1H. The number of nitrogens with one attached hydrogen (secondary N) is 2. The van der Waals surface area contributed by atoms with Crippen molar-refractivity contribution in [2.24, 2.45) is 4.99 Å². The lowest BCUT2D eigenvalue weighted by Crippen LogP contribution is -2.49. The van der Waals surface area contributed by atoms with E-state index >= 15 is 0 Å². The van der Waals surface area contributed by atoms with Crippen LogP contribution in [0.15, 0.2) is 29.3 Å². The lowest BCUT2D eigenvalue weighted by atomic mass is 10.1. The zero-order chi connectivity index (χ0) is 22.5. The molecule has 2 rings (SSSR count). The van der Waals surface area contributed by atoms with Crippen molar-refractivity contribution in [3.8, 4) is 5.75 Å². The highest BCUT2D eigenvalue weighted by molar-refractivity contribution is 14.0. The van der Waals surface area contributed by atoms with Crippen LogP contribution in [-0.2, 0) is 11.3 Å². The Bertz CT molecular complexity index is 677. The second kappa shape index (κ2) is 16.0. The minimum absolute atomic E-state index is 0. The molecule has 0 aromatic heterocycles. The molecule has 8 nitrogen and oxygen atoms in total. The van der Waals surface area contributed by atoms with Gasteiger partial charge in [0.15, 0.2) is 5.96 Å². The smallest absolute Gasteiger partial charge is 0.409 e. The summed E-state index contributed by atoms with van der Waals surface area (Å²) in [6.07, 6.45) is 2.55. The Morgan fingerprint density at radius 2 is 1.88 bits per heavy atom. The van der Waals surface area contributed by atoms with E-state index in [9.17, 15) is 4.79 Å². The Labute approximate surface area is 210 Å². The molecule has 182 valence electrons. The number of aliphatic imine (C=N–C) groups is 1. The molecule has 1 amide bonds. The molecular formula is C23H40IN5O3. The van der Waals surface area contributed by atoms with E-state index < -0.39 is 0 Å². The second-order valence-electron chi connectivity index (χ2n) is 7.95. The molecule has 0 saturated carbocycles. The molecule has 1 aliphatic heterocycles. The molecule has 1 saturated heterocycles. The molecule has 1 aliphatic rings. The molecule has 0 unspecified atom stereocenters. The van der Waals surface area contributed by atoms with E-state index in [0.29, 0.717) is 32.3 Å². The molecule has 1 aromatic carbocycles. The summed E-state index contributed by atoms with van der Waals surface area (Å²) in [5.41, 5.74) is 1.13. The highest BCUT2D eigenvalue weighted by atomic mass is 127. The van der Waals surface area contributed by atoms with Crippen LogP contribution >= 0.6 is 24.0 Å². The molecule has 0 radical (unpaired) electrons. The summed E-state index contributed by atoms with van der Waals surface area (Å²) in [7, 11) is 4.14. The molecule has 1 aromatic rings. The van der Waals surface area contributed by atoms with Gasteiger partial charge in [-0.15, -0.1) is 24.0 Å². The highest BCUT2D eigenvalue weighted by Crippen LogP contribution is 2.14. The van der Waals surface area contributed by atoms with Gasteiger partial charge in [0.05, 0.1) is 19.8 Å². The van der Waals surface area contributed by atoms with Gasteiger partial charge in [-0.2, -0.15) is 0 Å². The van der Waals surface area contributed by atoms with Gasteiger partial charge in [-0.3, -0.25) is 0 Å². The van der Waals surface area contributed by atoms with Crippen molar-refractivity contribution in [2.75, 3.05) is 53.5 Å². The zero-order valence-electron chi connectivity index (χ0n) is 19.9. The first-order valence-corrected chi connectivity index (χ1v) is 11.3. The zero-order valence-corrected chi connectivity index (χ0v) is 22.3. The van der Waals surface area contributed by atoms with Crippen LogP contribution in [0.4, 0.5) is 4.79 Å². The maximum absolute atomic E-state index is 11.8. The van der Waals surface area contributed by atoms with E-state index in [1.165, 1.54) is 0 Å². The Hall–Kier alpha value is -1.75. The number of hydrogen-bond acceptors (Lipinski definition) is 5. The number of nitrogens with zero attached hydrogens (tertiary/aromatic N) is 3. The van der Waals surface area contributed by atoms with Gasteiger partial charge in [-0.05, 0) is 64.9 Å². The van der Waals surface area contributed by atoms with Crippen molar-refractivity contribution in [1.82, 2.24) is 20.4 Å². The molecule has 2 N–H and O–H groups in total. The van der Waals surface area contributed by atoms with E-state index in [1.807, 2.05) is 19.1 Å². The Kier molecular flexibility index (Phi) is 14.1. The summed E-state index contributed by atoms with van der Waals surface area (Å²) in [6.45, 7) is 8.84. The number of benzene rings is 1. The van der Waals surface area contributed by atoms with Crippen molar-refractivity contribution in [3.05, 3.63) is 29.8 Å². The number of likely N-dealkylation sites (tertiary alicyclic amines) is 1. The van der Waals surface area contributed by atoms with Gasteiger partial charge in [-0.1, -0.05) is 12.1 Å². The van der Waals surface area contributed by atoms with Crippen molar-refractivity contribution < 1.29 is 14.3 Å². The third-order valence-electron chi connectivity index (χ3n) is 5.07.